The first-order chi connectivity index (χ1) is 8.93. The molecule has 0 spiro atoms. The summed E-state index contributed by atoms with van der Waals surface area (Å²) >= 11 is 1.63. The average Bonchev–Trinajstić information content (AvgIpc) is 2.80. The second-order valence-corrected chi connectivity index (χ2v) is 6.04. The molecule has 1 aromatic rings. The van der Waals surface area contributed by atoms with Crippen molar-refractivity contribution in [2.24, 2.45) is 0 Å². The van der Waals surface area contributed by atoms with Gasteiger partial charge in [-0.1, -0.05) is 0 Å². The van der Waals surface area contributed by atoms with Crippen LogP contribution < -0.4 is 5.32 Å². The van der Waals surface area contributed by atoms with Crippen LogP contribution in [0.1, 0.15) is 41.9 Å². The smallest absolute Gasteiger partial charge is 0.246 e. The summed E-state index contributed by atoms with van der Waals surface area (Å²) < 4.78 is 0. The summed E-state index contributed by atoms with van der Waals surface area (Å²) in [6, 6.07) is -0.367. The van der Waals surface area contributed by atoms with Crippen molar-refractivity contribution in [3.8, 4) is 0 Å². The molecule has 0 aromatic carbocycles. The van der Waals surface area contributed by atoms with Gasteiger partial charge in [-0.05, 0) is 27.7 Å². The third kappa shape index (κ3) is 2.69. The van der Waals surface area contributed by atoms with Crippen molar-refractivity contribution in [3.05, 3.63) is 15.6 Å². The van der Waals surface area contributed by atoms with Crippen LogP contribution in [0.15, 0.2) is 0 Å². The quantitative estimate of drug-likeness (QED) is 0.851. The molecule has 0 saturated carbocycles. The van der Waals surface area contributed by atoms with Gasteiger partial charge in [0.2, 0.25) is 11.8 Å². The number of thiazole rings is 1. The lowest BCUT2D eigenvalue weighted by atomic mass is 10.2. The van der Waals surface area contributed by atoms with Gasteiger partial charge in [-0.3, -0.25) is 19.8 Å². The number of likely N-dealkylation sites (N-methyl/N-ethyl adjacent to an activating group) is 1. The fourth-order valence-corrected chi connectivity index (χ4v) is 3.41. The Morgan fingerprint density at radius 1 is 1.47 bits per heavy atom. The minimum Gasteiger partial charge on any atom is -0.298 e. The Morgan fingerprint density at radius 3 is 2.63 bits per heavy atom. The molecule has 5 nitrogen and oxygen atoms in total. The fourth-order valence-electron chi connectivity index (χ4n) is 2.47. The molecule has 104 valence electrons. The van der Waals surface area contributed by atoms with Crippen LogP contribution in [0, 0.1) is 13.8 Å². The van der Waals surface area contributed by atoms with Crippen molar-refractivity contribution >= 4 is 23.2 Å². The molecule has 1 aliphatic heterocycles. The van der Waals surface area contributed by atoms with Crippen molar-refractivity contribution < 1.29 is 9.59 Å². The number of carbonyl (C=O) groups is 2. The third-order valence-corrected chi connectivity index (χ3v) is 4.60. The molecule has 2 unspecified atom stereocenters. The summed E-state index contributed by atoms with van der Waals surface area (Å²) in [5.41, 5.74) is 0.992. The molecule has 0 radical (unpaired) electrons. The average molecular weight is 281 g/mol. The van der Waals surface area contributed by atoms with Gasteiger partial charge in [-0.2, -0.15) is 0 Å². The summed E-state index contributed by atoms with van der Waals surface area (Å²) in [4.78, 5) is 30.5. The first-order valence-electron chi connectivity index (χ1n) is 6.48. The van der Waals surface area contributed by atoms with Gasteiger partial charge in [0.05, 0.1) is 23.2 Å². The zero-order valence-electron chi connectivity index (χ0n) is 11.7. The number of nitrogens with zero attached hydrogens (tertiary/aromatic N) is 2. The van der Waals surface area contributed by atoms with E-state index in [9.17, 15) is 9.59 Å². The van der Waals surface area contributed by atoms with E-state index < -0.39 is 6.04 Å². The standard InChI is InChI=1S/C13H19N3O2S/c1-5-16-11(17)6-10(13(16)18)15-8(3)12-7(2)14-9(4)19-12/h8,10,15H,5-6H2,1-4H3. The lowest BCUT2D eigenvalue weighted by Crippen LogP contribution is -2.39. The Labute approximate surface area is 117 Å². The van der Waals surface area contributed by atoms with Crippen LogP contribution in [-0.4, -0.2) is 34.3 Å². The normalized spacial score (nSPS) is 21.3. The van der Waals surface area contributed by atoms with Gasteiger partial charge in [0.15, 0.2) is 0 Å². The predicted molar refractivity (Wildman–Crippen MR) is 73.9 cm³/mol. The number of aryl methyl sites for hydroxylation is 2. The molecule has 1 aliphatic rings. The third-order valence-electron chi connectivity index (χ3n) is 3.34. The number of hydrogen-bond acceptors (Lipinski definition) is 5. The van der Waals surface area contributed by atoms with E-state index in [2.05, 4.69) is 10.3 Å². The Hall–Kier alpha value is -1.27. The van der Waals surface area contributed by atoms with E-state index in [0.29, 0.717) is 6.54 Å². The molecule has 2 rings (SSSR count). The van der Waals surface area contributed by atoms with Gasteiger partial charge in [0, 0.05) is 17.5 Å². The number of nitrogens with one attached hydrogen (secondary N) is 1. The maximum absolute atomic E-state index is 12.0. The summed E-state index contributed by atoms with van der Waals surface area (Å²) in [6.07, 6.45) is 0.258. The number of rotatable bonds is 4. The molecule has 1 N–H and O–H groups in total. The highest BCUT2D eigenvalue weighted by Crippen LogP contribution is 2.26. The van der Waals surface area contributed by atoms with Gasteiger partial charge in [-0.15, -0.1) is 11.3 Å². The van der Waals surface area contributed by atoms with E-state index in [1.807, 2.05) is 27.7 Å². The zero-order chi connectivity index (χ0) is 14.2. The minimum atomic E-state index is -0.399. The molecule has 0 bridgehead atoms. The highest BCUT2D eigenvalue weighted by molar-refractivity contribution is 7.11. The topological polar surface area (TPSA) is 62.3 Å². The molecule has 0 aliphatic carbocycles. The van der Waals surface area contributed by atoms with Crippen molar-refractivity contribution in [3.63, 3.8) is 0 Å². The van der Waals surface area contributed by atoms with Crippen LogP contribution in [-0.2, 0) is 9.59 Å². The largest absolute Gasteiger partial charge is 0.298 e. The lowest BCUT2D eigenvalue weighted by Gasteiger charge is -2.17. The second kappa shape index (κ2) is 5.38. The highest BCUT2D eigenvalue weighted by atomic mass is 32.1. The van der Waals surface area contributed by atoms with Gasteiger partial charge >= 0.3 is 0 Å². The van der Waals surface area contributed by atoms with Gasteiger partial charge in [0.1, 0.15) is 0 Å². The van der Waals surface area contributed by atoms with Crippen LogP contribution in [0.25, 0.3) is 0 Å². The van der Waals surface area contributed by atoms with E-state index in [-0.39, 0.29) is 24.3 Å². The Morgan fingerprint density at radius 2 is 2.16 bits per heavy atom. The number of amides is 2. The summed E-state index contributed by atoms with van der Waals surface area (Å²) in [5.74, 6) is -0.201. The number of carbonyl (C=O) groups excluding carboxylic acids is 2. The van der Waals surface area contributed by atoms with Crippen molar-refractivity contribution in [2.75, 3.05) is 6.54 Å². The molecule has 19 heavy (non-hydrogen) atoms. The first-order valence-corrected chi connectivity index (χ1v) is 7.29. The predicted octanol–water partition coefficient (Wildman–Crippen LogP) is 1.56. The maximum Gasteiger partial charge on any atom is 0.246 e. The second-order valence-electron chi connectivity index (χ2n) is 4.80. The van der Waals surface area contributed by atoms with Crippen LogP contribution in [0.4, 0.5) is 0 Å². The van der Waals surface area contributed by atoms with Crippen molar-refractivity contribution in [1.29, 1.82) is 0 Å². The number of likely N-dealkylation sites (tertiary alicyclic amines) is 1. The molecule has 2 amide bonds. The minimum absolute atomic E-state index is 0.0322. The van der Waals surface area contributed by atoms with E-state index >= 15 is 0 Å². The molecule has 2 atom stereocenters. The number of hydrogen-bond donors (Lipinski definition) is 1. The summed E-state index contributed by atoms with van der Waals surface area (Å²) in [6.45, 7) is 8.21. The Balaban J connectivity index is 2.08. The number of imide groups is 1. The van der Waals surface area contributed by atoms with Crippen LogP contribution in [0.3, 0.4) is 0 Å². The van der Waals surface area contributed by atoms with E-state index in [0.717, 1.165) is 15.6 Å². The molecular formula is C13H19N3O2S. The molecule has 1 saturated heterocycles. The molecule has 6 heteroatoms. The van der Waals surface area contributed by atoms with E-state index in [1.54, 1.807) is 11.3 Å². The molecular weight excluding hydrogens is 262 g/mol. The van der Waals surface area contributed by atoms with E-state index in [1.165, 1.54) is 4.90 Å². The molecule has 1 fully saturated rings. The fraction of sp³-hybridized carbons (Fsp3) is 0.615. The zero-order valence-corrected chi connectivity index (χ0v) is 12.5. The monoisotopic (exact) mass is 281 g/mol. The van der Waals surface area contributed by atoms with Crippen LogP contribution in [0.2, 0.25) is 0 Å². The van der Waals surface area contributed by atoms with Crippen LogP contribution in [0.5, 0.6) is 0 Å². The molecule has 2 heterocycles. The molecule has 1 aromatic heterocycles. The van der Waals surface area contributed by atoms with Gasteiger partial charge < -0.3 is 0 Å². The van der Waals surface area contributed by atoms with Gasteiger partial charge in [-0.25, -0.2) is 4.98 Å². The SMILES string of the molecule is CCN1C(=O)CC(NC(C)c2sc(C)nc2C)C1=O. The van der Waals surface area contributed by atoms with Crippen LogP contribution >= 0.6 is 11.3 Å². The Bertz CT molecular complexity index is 512. The lowest BCUT2D eigenvalue weighted by molar-refractivity contribution is -0.138. The van der Waals surface area contributed by atoms with Crippen molar-refractivity contribution in [1.82, 2.24) is 15.2 Å². The van der Waals surface area contributed by atoms with Crippen molar-refractivity contribution in [2.45, 2.75) is 46.2 Å². The van der Waals surface area contributed by atoms with E-state index in [4.69, 9.17) is 0 Å². The highest BCUT2D eigenvalue weighted by Gasteiger charge is 2.38. The summed E-state index contributed by atoms with van der Waals surface area (Å²) in [5, 5.41) is 4.27. The Kier molecular flexibility index (Phi) is 4.01. The van der Waals surface area contributed by atoms with Gasteiger partial charge in [0.25, 0.3) is 0 Å². The number of aromatic nitrogens is 1. The summed E-state index contributed by atoms with van der Waals surface area (Å²) in [7, 11) is 0. The first kappa shape index (κ1) is 14.1. The maximum atomic E-state index is 12.0.